The van der Waals surface area contributed by atoms with Crippen LogP contribution in [-0.4, -0.2) is 68.1 Å². The molecule has 1 aromatic heterocycles. The highest BCUT2D eigenvalue weighted by Gasteiger charge is 2.13. The Labute approximate surface area is 150 Å². The van der Waals surface area contributed by atoms with Crippen LogP contribution in [0.3, 0.4) is 0 Å². The molecular formula is C17H33N5OS. The Morgan fingerprint density at radius 3 is 2.71 bits per heavy atom. The van der Waals surface area contributed by atoms with Crippen LogP contribution in [0.1, 0.15) is 44.0 Å². The van der Waals surface area contributed by atoms with E-state index in [0.29, 0.717) is 6.04 Å². The average Bonchev–Trinajstić information content (AvgIpc) is 3.05. The highest BCUT2D eigenvalue weighted by molar-refractivity contribution is 7.09. The van der Waals surface area contributed by atoms with E-state index in [1.54, 1.807) is 18.4 Å². The molecule has 0 saturated carbocycles. The van der Waals surface area contributed by atoms with Crippen LogP contribution >= 0.6 is 11.3 Å². The van der Waals surface area contributed by atoms with Crippen molar-refractivity contribution in [2.24, 2.45) is 4.99 Å². The molecule has 0 aliphatic heterocycles. The van der Waals surface area contributed by atoms with Crippen molar-refractivity contribution in [2.75, 3.05) is 41.3 Å². The monoisotopic (exact) mass is 355 g/mol. The van der Waals surface area contributed by atoms with Crippen LogP contribution in [-0.2, 0) is 11.3 Å². The fraction of sp³-hybridized carbons (Fsp3) is 0.765. The second kappa shape index (κ2) is 10.6. The molecule has 0 fully saturated rings. The maximum absolute atomic E-state index is 5.32. The second-order valence-electron chi connectivity index (χ2n) is 6.12. The zero-order chi connectivity index (χ0) is 18.1. The number of aromatic nitrogens is 1. The fourth-order valence-corrected chi connectivity index (χ4v) is 3.10. The predicted octanol–water partition coefficient (Wildman–Crippen LogP) is 2.59. The van der Waals surface area contributed by atoms with Crippen molar-refractivity contribution in [3.8, 4) is 0 Å². The van der Waals surface area contributed by atoms with E-state index < -0.39 is 0 Å². The summed E-state index contributed by atoms with van der Waals surface area (Å²) in [5.74, 6) is 0.891. The van der Waals surface area contributed by atoms with E-state index in [9.17, 15) is 0 Å². The number of thiazole rings is 1. The third-order valence-electron chi connectivity index (χ3n) is 4.33. The first kappa shape index (κ1) is 20.9. The summed E-state index contributed by atoms with van der Waals surface area (Å²) < 4.78 is 5.32. The molecule has 0 aliphatic rings. The van der Waals surface area contributed by atoms with Crippen molar-refractivity contribution in [3.05, 3.63) is 16.1 Å². The Kier molecular flexibility index (Phi) is 9.25. The van der Waals surface area contributed by atoms with Crippen LogP contribution in [0.4, 0.5) is 0 Å². The molecule has 1 rings (SSSR count). The molecule has 2 atom stereocenters. The van der Waals surface area contributed by atoms with Gasteiger partial charge in [-0.15, -0.1) is 11.3 Å². The summed E-state index contributed by atoms with van der Waals surface area (Å²) in [5, 5.41) is 6.53. The van der Waals surface area contributed by atoms with Gasteiger partial charge in [0.15, 0.2) is 5.96 Å². The van der Waals surface area contributed by atoms with E-state index in [4.69, 9.17) is 4.74 Å². The van der Waals surface area contributed by atoms with Crippen molar-refractivity contribution in [2.45, 2.75) is 45.9 Å². The minimum Gasteiger partial charge on any atom is -0.375 e. The first-order valence-electron chi connectivity index (χ1n) is 8.52. The van der Waals surface area contributed by atoms with Crippen molar-refractivity contribution >= 4 is 17.3 Å². The molecule has 0 radical (unpaired) electrons. The number of likely N-dealkylation sites (N-methyl/N-ethyl adjacent to an activating group) is 1. The van der Waals surface area contributed by atoms with Crippen LogP contribution < -0.4 is 5.32 Å². The van der Waals surface area contributed by atoms with Gasteiger partial charge in [0.05, 0.1) is 12.2 Å². The van der Waals surface area contributed by atoms with Gasteiger partial charge in [-0.2, -0.15) is 0 Å². The molecule has 0 spiro atoms. The van der Waals surface area contributed by atoms with Crippen LogP contribution in [0.2, 0.25) is 0 Å². The molecule has 0 saturated heterocycles. The van der Waals surface area contributed by atoms with Crippen LogP contribution in [0.5, 0.6) is 0 Å². The van der Waals surface area contributed by atoms with Crippen molar-refractivity contribution in [3.63, 3.8) is 0 Å². The predicted molar refractivity (Wildman–Crippen MR) is 103 cm³/mol. The van der Waals surface area contributed by atoms with Gasteiger partial charge in [0.2, 0.25) is 0 Å². The summed E-state index contributed by atoms with van der Waals surface area (Å²) in [6.07, 6.45) is 1.21. The Morgan fingerprint density at radius 2 is 2.12 bits per heavy atom. The Hall–Kier alpha value is -1.18. The highest BCUT2D eigenvalue weighted by Crippen LogP contribution is 2.20. The van der Waals surface area contributed by atoms with Gasteiger partial charge in [-0.1, -0.05) is 6.92 Å². The molecule has 0 aliphatic carbocycles. The maximum atomic E-state index is 5.32. The van der Waals surface area contributed by atoms with E-state index >= 15 is 0 Å². The van der Waals surface area contributed by atoms with Gasteiger partial charge in [-0.05, 0) is 27.3 Å². The van der Waals surface area contributed by atoms with E-state index in [2.05, 4.69) is 51.4 Å². The lowest BCUT2D eigenvalue weighted by molar-refractivity contribution is 0.119. The lowest BCUT2D eigenvalue weighted by Crippen LogP contribution is -2.43. The van der Waals surface area contributed by atoms with Crippen molar-refractivity contribution < 1.29 is 4.74 Å². The molecule has 1 N–H and O–H groups in total. The maximum Gasteiger partial charge on any atom is 0.193 e. The van der Waals surface area contributed by atoms with Crippen molar-refractivity contribution in [1.29, 1.82) is 0 Å². The van der Waals surface area contributed by atoms with Crippen LogP contribution in [0.15, 0.2) is 10.4 Å². The van der Waals surface area contributed by atoms with Gasteiger partial charge in [0, 0.05) is 45.7 Å². The summed E-state index contributed by atoms with van der Waals surface area (Å²) in [7, 11) is 7.72. The number of guanidine groups is 1. The van der Waals surface area contributed by atoms with E-state index in [1.165, 1.54) is 0 Å². The number of methoxy groups -OCH3 is 1. The lowest BCUT2D eigenvalue weighted by atomic mass is 10.2. The number of hydrogen-bond donors (Lipinski definition) is 1. The van der Waals surface area contributed by atoms with Crippen molar-refractivity contribution in [1.82, 2.24) is 20.1 Å². The SMILES string of the molecule is CCC(C)N(C)CCNC(=NC)N(C)Cc1csc(C(C)OC)n1. The third-order valence-corrected chi connectivity index (χ3v) is 5.39. The fourth-order valence-electron chi connectivity index (χ4n) is 2.26. The minimum atomic E-state index is 0.0441. The minimum absolute atomic E-state index is 0.0441. The third kappa shape index (κ3) is 6.37. The van der Waals surface area contributed by atoms with Gasteiger partial charge < -0.3 is 19.9 Å². The summed E-state index contributed by atoms with van der Waals surface area (Å²) in [4.78, 5) is 13.5. The molecule has 6 nitrogen and oxygen atoms in total. The molecule has 24 heavy (non-hydrogen) atoms. The first-order chi connectivity index (χ1) is 11.4. The molecule has 0 bridgehead atoms. The van der Waals surface area contributed by atoms with Crippen LogP contribution in [0, 0.1) is 0 Å². The average molecular weight is 356 g/mol. The Morgan fingerprint density at radius 1 is 1.42 bits per heavy atom. The molecule has 1 aromatic rings. The molecule has 138 valence electrons. The summed E-state index contributed by atoms with van der Waals surface area (Å²) >= 11 is 1.64. The highest BCUT2D eigenvalue weighted by atomic mass is 32.1. The molecule has 2 unspecified atom stereocenters. The summed E-state index contributed by atoms with van der Waals surface area (Å²) in [6, 6.07) is 0.600. The second-order valence-corrected chi connectivity index (χ2v) is 7.01. The van der Waals surface area contributed by atoms with Crippen LogP contribution in [0.25, 0.3) is 0 Å². The number of aliphatic imine (C=N–C) groups is 1. The number of rotatable bonds is 9. The standard InChI is InChI=1S/C17H33N5OS/c1-8-13(2)21(5)10-9-19-17(18-4)22(6)11-15-12-24-16(20-15)14(3)23-7/h12-14H,8-11H2,1-7H3,(H,18,19). The quantitative estimate of drug-likeness (QED) is 0.545. The number of hydrogen-bond acceptors (Lipinski definition) is 5. The van der Waals surface area contributed by atoms with Gasteiger partial charge in [-0.3, -0.25) is 4.99 Å². The molecule has 0 aromatic carbocycles. The largest absolute Gasteiger partial charge is 0.375 e. The molecule has 1 heterocycles. The van der Waals surface area contributed by atoms with Gasteiger partial charge >= 0.3 is 0 Å². The van der Waals surface area contributed by atoms with Gasteiger partial charge in [0.25, 0.3) is 0 Å². The van der Waals surface area contributed by atoms with Gasteiger partial charge in [0.1, 0.15) is 11.1 Å². The first-order valence-corrected chi connectivity index (χ1v) is 9.39. The molecule has 7 heteroatoms. The zero-order valence-corrected chi connectivity index (χ0v) is 17.0. The number of ether oxygens (including phenoxy) is 1. The Bertz CT molecular complexity index is 505. The topological polar surface area (TPSA) is 53.0 Å². The lowest BCUT2D eigenvalue weighted by Gasteiger charge is -2.26. The Balaban J connectivity index is 2.49. The van der Waals surface area contributed by atoms with Gasteiger partial charge in [-0.25, -0.2) is 4.98 Å². The summed E-state index contributed by atoms with van der Waals surface area (Å²) in [6.45, 7) is 9.08. The van der Waals surface area contributed by atoms with E-state index in [-0.39, 0.29) is 6.10 Å². The smallest absolute Gasteiger partial charge is 0.193 e. The summed E-state index contributed by atoms with van der Waals surface area (Å²) in [5.41, 5.74) is 1.04. The van der Waals surface area contributed by atoms with E-state index in [1.807, 2.05) is 21.0 Å². The molecular weight excluding hydrogens is 322 g/mol. The number of nitrogens with one attached hydrogen (secondary N) is 1. The zero-order valence-electron chi connectivity index (χ0n) is 16.2. The number of nitrogens with zero attached hydrogens (tertiary/aromatic N) is 4. The molecule has 0 amide bonds. The normalized spacial score (nSPS) is 14.8. The van der Waals surface area contributed by atoms with E-state index in [0.717, 1.165) is 42.7 Å².